The second kappa shape index (κ2) is 14.7. The minimum absolute atomic E-state index is 0.0705. The number of hydrogen-bond donors (Lipinski definition) is 2. The Hall–Kier alpha value is -2.53. The normalized spacial score (nSPS) is 24.5. The molecule has 34 heavy (non-hydrogen) atoms. The summed E-state index contributed by atoms with van der Waals surface area (Å²) in [6.07, 6.45) is -5.10. The van der Waals surface area contributed by atoms with Gasteiger partial charge in [-0.2, -0.15) is 0 Å². The van der Waals surface area contributed by atoms with Crippen LogP contribution in [0.5, 0.6) is 0 Å². The summed E-state index contributed by atoms with van der Waals surface area (Å²) < 4.78 is 28.7. The van der Waals surface area contributed by atoms with Crippen molar-refractivity contribution in [3.05, 3.63) is 82.2 Å². The predicted molar refractivity (Wildman–Crippen MR) is 123 cm³/mol. The van der Waals surface area contributed by atoms with Gasteiger partial charge in [0.15, 0.2) is 6.29 Å². The second-order valence-corrected chi connectivity index (χ2v) is 7.72. The standard InChI is InChI=1S/C24H31N3O7/c25-27-26-11-12-30-13-14-32-24-23(33-16-19-9-5-2-6-10-19)22(29)21(28)20(34-24)17-31-15-18-7-3-1-4-8-18/h1-10,20-24,28-29H,11-17H2/t20-,21-,22+,23-,24-/m1/s1. The Morgan fingerprint density at radius 3 is 2.18 bits per heavy atom. The van der Waals surface area contributed by atoms with E-state index in [-0.39, 0.29) is 39.6 Å². The molecule has 0 bridgehead atoms. The zero-order valence-electron chi connectivity index (χ0n) is 18.9. The van der Waals surface area contributed by atoms with Gasteiger partial charge in [-0.25, -0.2) is 0 Å². The molecule has 0 aliphatic carbocycles. The van der Waals surface area contributed by atoms with E-state index >= 15 is 0 Å². The van der Waals surface area contributed by atoms with Crippen molar-refractivity contribution in [2.75, 3.05) is 33.0 Å². The van der Waals surface area contributed by atoms with E-state index < -0.39 is 30.7 Å². The van der Waals surface area contributed by atoms with Gasteiger partial charge in [-0.1, -0.05) is 65.8 Å². The molecule has 10 heteroatoms. The van der Waals surface area contributed by atoms with Crippen molar-refractivity contribution in [3.8, 4) is 0 Å². The molecule has 0 radical (unpaired) electrons. The molecular formula is C24H31N3O7. The molecule has 2 aromatic carbocycles. The quantitative estimate of drug-likeness (QED) is 0.186. The van der Waals surface area contributed by atoms with Crippen LogP contribution in [0, 0.1) is 0 Å². The number of aliphatic hydroxyl groups excluding tert-OH is 2. The lowest BCUT2D eigenvalue weighted by molar-refractivity contribution is -0.314. The fraction of sp³-hybridized carbons (Fsp3) is 0.500. The van der Waals surface area contributed by atoms with Gasteiger partial charge < -0.3 is 33.9 Å². The third-order valence-corrected chi connectivity index (χ3v) is 5.23. The maximum absolute atomic E-state index is 10.8. The molecule has 1 heterocycles. The SMILES string of the molecule is [N-]=[N+]=NCCOCCO[C@@H]1O[C@H](COCc2ccccc2)[C@@H](O)[C@H](O)[C@H]1OCc1ccccc1. The van der Waals surface area contributed by atoms with Crippen LogP contribution in [-0.2, 0) is 36.9 Å². The molecule has 2 aromatic rings. The third kappa shape index (κ3) is 8.35. The van der Waals surface area contributed by atoms with Gasteiger partial charge >= 0.3 is 0 Å². The Bertz CT molecular complexity index is 865. The minimum Gasteiger partial charge on any atom is -0.387 e. The Balaban J connectivity index is 1.55. The molecule has 1 saturated heterocycles. The third-order valence-electron chi connectivity index (χ3n) is 5.23. The van der Waals surface area contributed by atoms with Crippen LogP contribution in [-0.4, -0.2) is 73.9 Å². The van der Waals surface area contributed by atoms with E-state index in [1.54, 1.807) is 0 Å². The van der Waals surface area contributed by atoms with Crippen LogP contribution in [0.3, 0.4) is 0 Å². The van der Waals surface area contributed by atoms with Crippen LogP contribution in [0.2, 0.25) is 0 Å². The Morgan fingerprint density at radius 1 is 0.824 bits per heavy atom. The minimum atomic E-state index is -1.24. The average Bonchev–Trinajstić information content (AvgIpc) is 2.87. The zero-order valence-corrected chi connectivity index (χ0v) is 18.9. The van der Waals surface area contributed by atoms with E-state index in [0.717, 1.165) is 11.1 Å². The number of azide groups is 1. The number of aliphatic hydroxyl groups is 2. The molecule has 3 rings (SSSR count). The van der Waals surface area contributed by atoms with E-state index in [4.69, 9.17) is 29.2 Å². The molecule has 1 fully saturated rings. The predicted octanol–water partition coefficient (Wildman–Crippen LogP) is 2.58. The zero-order chi connectivity index (χ0) is 24.0. The fourth-order valence-corrected chi connectivity index (χ4v) is 3.46. The summed E-state index contributed by atoms with van der Waals surface area (Å²) in [5.74, 6) is 0. The number of ether oxygens (including phenoxy) is 5. The monoisotopic (exact) mass is 473 g/mol. The number of hydrogen-bond acceptors (Lipinski definition) is 8. The summed E-state index contributed by atoms with van der Waals surface area (Å²) in [5.41, 5.74) is 10.2. The maximum atomic E-state index is 10.8. The smallest absolute Gasteiger partial charge is 0.187 e. The van der Waals surface area contributed by atoms with Crippen molar-refractivity contribution in [3.63, 3.8) is 0 Å². The highest BCUT2D eigenvalue weighted by molar-refractivity contribution is 5.14. The highest BCUT2D eigenvalue weighted by Gasteiger charge is 2.46. The second-order valence-electron chi connectivity index (χ2n) is 7.72. The van der Waals surface area contributed by atoms with E-state index in [0.29, 0.717) is 6.61 Å². The molecular weight excluding hydrogens is 442 g/mol. The lowest BCUT2D eigenvalue weighted by Crippen LogP contribution is -2.60. The Morgan fingerprint density at radius 2 is 1.50 bits per heavy atom. The highest BCUT2D eigenvalue weighted by atomic mass is 16.7. The molecule has 0 aromatic heterocycles. The Kier molecular flexibility index (Phi) is 11.3. The molecule has 5 atom stereocenters. The molecule has 0 spiro atoms. The molecule has 2 N–H and O–H groups in total. The van der Waals surface area contributed by atoms with Gasteiger partial charge in [-0.15, -0.1) is 0 Å². The van der Waals surface area contributed by atoms with Crippen molar-refractivity contribution in [1.29, 1.82) is 0 Å². The molecule has 10 nitrogen and oxygen atoms in total. The van der Waals surface area contributed by atoms with Crippen LogP contribution in [0.4, 0.5) is 0 Å². The summed E-state index contributed by atoms with van der Waals surface area (Å²) in [6.45, 7) is 1.53. The van der Waals surface area contributed by atoms with Crippen LogP contribution >= 0.6 is 0 Å². The average molecular weight is 474 g/mol. The first-order valence-electron chi connectivity index (χ1n) is 11.2. The van der Waals surface area contributed by atoms with Gasteiger partial charge in [0.25, 0.3) is 0 Å². The van der Waals surface area contributed by atoms with Crippen molar-refractivity contribution in [1.82, 2.24) is 0 Å². The molecule has 0 unspecified atom stereocenters. The topological polar surface area (TPSA) is 135 Å². The summed E-state index contributed by atoms with van der Waals surface area (Å²) in [6, 6.07) is 19.1. The fourth-order valence-electron chi connectivity index (χ4n) is 3.46. The van der Waals surface area contributed by atoms with Gasteiger partial charge in [0.05, 0.1) is 39.6 Å². The van der Waals surface area contributed by atoms with E-state index in [2.05, 4.69) is 10.0 Å². The van der Waals surface area contributed by atoms with Crippen molar-refractivity contribution < 1.29 is 33.9 Å². The number of rotatable bonds is 14. The van der Waals surface area contributed by atoms with Gasteiger partial charge in [-0.3, -0.25) is 0 Å². The lowest BCUT2D eigenvalue weighted by atomic mass is 9.99. The first-order chi connectivity index (χ1) is 16.7. The summed E-state index contributed by atoms with van der Waals surface area (Å²) in [7, 11) is 0. The molecule has 1 aliphatic heterocycles. The van der Waals surface area contributed by atoms with Gasteiger partial charge in [0.2, 0.25) is 0 Å². The van der Waals surface area contributed by atoms with E-state index in [9.17, 15) is 10.2 Å². The summed E-state index contributed by atoms with van der Waals surface area (Å²) in [4.78, 5) is 2.66. The highest BCUT2D eigenvalue weighted by Crippen LogP contribution is 2.26. The summed E-state index contributed by atoms with van der Waals surface area (Å²) >= 11 is 0. The largest absolute Gasteiger partial charge is 0.387 e. The molecule has 0 saturated carbocycles. The summed E-state index contributed by atoms with van der Waals surface area (Å²) in [5, 5.41) is 24.9. The first kappa shape index (κ1) is 26.1. The van der Waals surface area contributed by atoms with Crippen molar-refractivity contribution in [2.45, 2.75) is 43.9 Å². The van der Waals surface area contributed by atoms with Crippen LogP contribution < -0.4 is 0 Å². The lowest BCUT2D eigenvalue weighted by Gasteiger charge is -2.42. The van der Waals surface area contributed by atoms with Crippen molar-refractivity contribution >= 4 is 0 Å². The van der Waals surface area contributed by atoms with Crippen LogP contribution in [0.1, 0.15) is 11.1 Å². The molecule has 1 aliphatic rings. The van der Waals surface area contributed by atoms with Gasteiger partial charge in [0.1, 0.15) is 24.4 Å². The van der Waals surface area contributed by atoms with E-state index in [1.807, 2.05) is 60.7 Å². The number of benzene rings is 2. The number of nitrogens with zero attached hydrogens (tertiary/aromatic N) is 3. The molecule has 184 valence electrons. The molecule has 0 amide bonds. The van der Waals surface area contributed by atoms with Crippen molar-refractivity contribution in [2.24, 2.45) is 5.11 Å². The first-order valence-corrected chi connectivity index (χ1v) is 11.2. The maximum Gasteiger partial charge on any atom is 0.187 e. The van der Waals surface area contributed by atoms with Gasteiger partial charge in [0, 0.05) is 11.5 Å². The van der Waals surface area contributed by atoms with E-state index in [1.165, 1.54) is 0 Å². The van der Waals surface area contributed by atoms with Crippen LogP contribution in [0.15, 0.2) is 65.8 Å². The van der Waals surface area contributed by atoms with Crippen LogP contribution in [0.25, 0.3) is 10.4 Å². The Labute approximate surface area is 198 Å². The van der Waals surface area contributed by atoms with Gasteiger partial charge in [-0.05, 0) is 16.7 Å².